The van der Waals surface area contributed by atoms with Crippen LogP contribution >= 0.6 is 9.24 Å². The van der Waals surface area contributed by atoms with E-state index in [0.29, 0.717) is 0 Å². The summed E-state index contributed by atoms with van der Waals surface area (Å²) in [7, 11) is 2.85. The molecule has 0 heterocycles. The van der Waals surface area contributed by atoms with Crippen LogP contribution in [0.4, 0.5) is 0 Å². The van der Waals surface area contributed by atoms with Crippen LogP contribution in [0.5, 0.6) is 0 Å². The fraction of sp³-hybridized carbons (Fsp3) is 0.720. The summed E-state index contributed by atoms with van der Waals surface area (Å²) >= 11 is 0. The van der Waals surface area contributed by atoms with Crippen molar-refractivity contribution in [2.45, 2.75) is 107 Å². The molecule has 0 saturated carbocycles. The molecule has 3 heteroatoms. The lowest BCUT2D eigenvalue weighted by molar-refractivity contribution is 0.0661. The fourth-order valence-electron chi connectivity index (χ4n) is 3.39. The molecule has 0 saturated heterocycles. The summed E-state index contributed by atoms with van der Waals surface area (Å²) in [5.74, 6) is -0.000694. The van der Waals surface area contributed by atoms with Crippen molar-refractivity contribution in [1.82, 2.24) is 5.32 Å². The number of carbonyl (C=O) groups excluding carboxylic acids is 1. The van der Waals surface area contributed by atoms with E-state index in [1.165, 1.54) is 18.4 Å². The average molecular weight is 410 g/mol. The van der Waals surface area contributed by atoms with Crippen molar-refractivity contribution in [1.29, 1.82) is 0 Å². The van der Waals surface area contributed by atoms with Gasteiger partial charge in [0.25, 0.3) is 5.91 Å². The molecule has 164 valence electrons. The number of carbonyl (C=O) groups is 1. The van der Waals surface area contributed by atoms with Crippen LogP contribution in [-0.4, -0.2) is 11.2 Å². The van der Waals surface area contributed by atoms with E-state index in [0.717, 1.165) is 18.4 Å². The van der Waals surface area contributed by atoms with Gasteiger partial charge in [-0.1, -0.05) is 87.8 Å². The van der Waals surface area contributed by atoms with E-state index in [9.17, 15) is 4.79 Å². The zero-order chi connectivity index (χ0) is 22.6. The molecule has 0 aliphatic rings. The standard InChI is InChI=1S/C21H36NOP.2C2H6/c1-8-14-19(3,4)20(5,6)15-21(7,24)22-18(23)17-12-10-16(9-2)11-13-17;2*1-2/h10-13H,8-9,14-15,24H2,1-7H3,(H,22,23);2*1-2H3. The molecule has 1 rings (SSSR count). The number of nitrogens with one attached hydrogen (secondary N) is 1. The third-order valence-electron chi connectivity index (χ3n) is 5.54. The number of hydrogen-bond donors (Lipinski definition) is 1. The van der Waals surface area contributed by atoms with Crippen molar-refractivity contribution in [3.63, 3.8) is 0 Å². The third-order valence-corrected chi connectivity index (χ3v) is 5.89. The summed E-state index contributed by atoms with van der Waals surface area (Å²) in [6.45, 7) is 23.7. The van der Waals surface area contributed by atoms with Crippen LogP contribution < -0.4 is 5.32 Å². The van der Waals surface area contributed by atoms with Gasteiger partial charge in [-0.15, -0.1) is 9.24 Å². The molecule has 2 atom stereocenters. The normalized spacial score (nSPS) is 13.3. The smallest absolute Gasteiger partial charge is 0.251 e. The molecular weight excluding hydrogens is 361 g/mol. The van der Waals surface area contributed by atoms with Crippen LogP contribution in [0.25, 0.3) is 0 Å². The SMILES string of the molecule is CC.CC.CCCC(C)(C)C(C)(C)CC(C)(P)NC(=O)c1ccc(CC)cc1. The van der Waals surface area contributed by atoms with Crippen molar-refractivity contribution in [2.24, 2.45) is 10.8 Å². The highest BCUT2D eigenvalue weighted by molar-refractivity contribution is 7.18. The van der Waals surface area contributed by atoms with Gasteiger partial charge in [-0.25, -0.2) is 0 Å². The summed E-state index contributed by atoms with van der Waals surface area (Å²) in [6.07, 6.45) is 4.27. The molecule has 0 aliphatic heterocycles. The molecule has 28 heavy (non-hydrogen) atoms. The lowest BCUT2D eigenvalue weighted by atomic mass is 9.63. The third kappa shape index (κ3) is 9.55. The Morgan fingerprint density at radius 2 is 1.36 bits per heavy atom. The van der Waals surface area contributed by atoms with Crippen LogP contribution in [0.1, 0.15) is 111 Å². The molecule has 2 nitrogen and oxygen atoms in total. The average Bonchev–Trinajstić information content (AvgIpc) is 2.63. The second-order valence-corrected chi connectivity index (χ2v) is 9.89. The van der Waals surface area contributed by atoms with E-state index < -0.39 is 0 Å². The van der Waals surface area contributed by atoms with Crippen LogP contribution in [0.15, 0.2) is 24.3 Å². The Hall–Kier alpha value is -0.880. The molecule has 1 aromatic rings. The van der Waals surface area contributed by atoms with E-state index >= 15 is 0 Å². The van der Waals surface area contributed by atoms with Gasteiger partial charge in [0.1, 0.15) is 0 Å². The van der Waals surface area contributed by atoms with Crippen LogP contribution in [0.3, 0.4) is 0 Å². The fourth-order valence-corrected chi connectivity index (χ4v) is 4.03. The van der Waals surface area contributed by atoms with Crippen molar-refractivity contribution >= 4 is 15.1 Å². The first-order valence-corrected chi connectivity index (χ1v) is 11.7. The number of benzene rings is 1. The number of rotatable bonds is 8. The Morgan fingerprint density at radius 1 is 0.893 bits per heavy atom. The first-order valence-electron chi connectivity index (χ1n) is 11.1. The summed E-state index contributed by atoms with van der Waals surface area (Å²) in [6, 6.07) is 7.90. The quantitative estimate of drug-likeness (QED) is 0.435. The Morgan fingerprint density at radius 3 is 1.75 bits per heavy atom. The zero-order valence-corrected chi connectivity index (χ0v) is 21.8. The molecule has 1 amide bonds. The van der Waals surface area contributed by atoms with Crippen LogP contribution in [0.2, 0.25) is 0 Å². The molecular formula is C25H48NOP. The first-order chi connectivity index (χ1) is 12.9. The van der Waals surface area contributed by atoms with Gasteiger partial charge in [-0.2, -0.15) is 0 Å². The molecule has 1 N–H and O–H groups in total. The highest BCUT2D eigenvalue weighted by atomic mass is 31.0. The zero-order valence-electron chi connectivity index (χ0n) is 20.6. The van der Waals surface area contributed by atoms with Crippen molar-refractivity contribution in [2.75, 3.05) is 0 Å². The largest absolute Gasteiger partial charge is 0.344 e. The van der Waals surface area contributed by atoms with Gasteiger partial charge in [0.15, 0.2) is 0 Å². The second kappa shape index (κ2) is 13.4. The molecule has 0 aromatic heterocycles. The second-order valence-electron chi connectivity index (χ2n) is 8.62. The monoisotopic (exact) mass is 409 g/mol. The predicted molar refractivity (Wildman–Crippen MR) is 131 cm³/mol. The molecule has 2 unspecified atom stereocenters. The maximum atomic E-state index is 12.6. The first kappa shape index (κ1) is 29.3. The van der Waals surface area contributed by atoms with Gasteiger partial charge in [0, 0.05) is 5.56 Å². The lowest BCUT2D eigenvalue weighted by Gasteiger charge is -2.46. The summed E-state index contributed by atoms with van der Waals surface area (Å²) in [5.41, 5.74) is 2.33. The highest BCUT2D eigenvalue weighted by Crippen LogP contribution is 2.48. The summed E-state index contributed by atoms with van der Waals surface area (Å²) in [5, 5.41) is 2.88. The Labute approximate surface area is 178 Å². The van der Waals surface area contributed by atoms with E-state index in [4.69, 9.17) is 0 Å². The molecule has 1 aromatic carbocycles. The van der Waals surface area contributed by atoms with Crippen molar-refractivity contribution < 1.29 is 4.79 Å². The van der Waals surface area contributed by atoms with E-state index in [-0.39, 0.29) is 22.0 Å². The van der Waals surface area contributed by atoms with Gasteiger partial charge in [0.05, 0.1) is 5.28 Å². The Bertz CT molecular complexity index is 544. The predicted octanol–water partition coefficient (Wildman–Crippen LogP) is 7.87. The van der Waals surface area contributed by atoms with E-state index in [1.807, 2.05) is 52.0 Å². The van der Waals surface area contributed by atoms with Gasteiger partial charge >= 0.3 is 0 Å². The van der Waals surface area contributed by atoms with Gasteiger partial charge < -0.3 is 5.32 Å². The number of hydrogen-bond acceptors (Lipinski definition) is 1. The summed E-state index contributed by atoms with van der Waals surface area (Å²) < 4.78 is 0. The molecule has 0 spiro atoms. The molecule has 0 aliphatic carbocycles. The van der Waals surface area contributed by atoms with Gasteiger partial charge in [-0.05, 0) is 54.7 Å². The lowest BCUT2D eigenvalue weighted by Crippen LogP contribution is -2.47. The minimum atomic E-state index is -0.324. The summed E-state index contributed by atoms with van der Waals surface area (Å²) in [4.78, 5) is 12.6. The topological polar surface area (TPSA) is 29.1 Å². The molecule has 0 fully saturated rings. The van der Waals surface area contributed by atoms with Crippen LogP contribution in [-0.2, 0) is 6.42 Å². The molecule has 0 bridgehead atoms. The van der Waals surface area contributed by atoms with Gasteiger partial charge in [-0.3, -0.25) is 4.79 Å². The Balaban J connectivity index is 0. The van der Waals surface area contributed by atoms with Gasteiger partial charge in [0.2, 0.25) is 0 Å². The van der Waals surface area contributed by atoms with E-state index in [2.05, 4.69) is 63.0 Å². The minimum absolute atomic E-state index is 0.000694. The number of amides is 1. The number of aryl methyl sites for hydroxylation is 1. The van der Waals surface area contributed by atoms with Crippen LogP contribution in [0, 0.1) is 10.8 Å². The van der Waals surface area contributed by atoms with E-state index in [1.54, 1.807) is 0 Å². The highest BCUT2D eigenvalue weighted by Gasteiger charge is 2.40. The molecule has 0 radical (unpaired) electrons. The minimum Gasteiger partial charge on any atom is -0.344 e. The Kier molecular flexibility index (Phi) is 14.0. The maximum Gasteiger partial charge on any atom is 0.251 e. The van der Waals surface area contributed by atoms with Crippen molar-refractivity contribution in [3.05, 3.63) is 35.4 Å². The maximum absolute atomic E-state index is 12.6. The van der Waals surface area contributed by atoms with Crippen molar-refractivity contribution in [3.8, 4) is 0 Å².